The van der Waals surface area contributed by atoms with E-state index in [-0.39, 0.29) is 16.8 Å². The van der Waals surface area contributed by atoms with Gasteiger partial charge < -0.3 is 5.11 Å². The molecule has 2 aromatic carbocycles. The van der Waals surface area contributed by atoms with Crippen LogP contribution in [0.2, 0.25) is 0 Å². The third kappa shape index (κ3) is 3.92. The SMILES string of the molecule is Cc1cccc(-n2nc(C(=O)O)c(/C=C\c3ccc(Br)cc3)c(C#N)c2=O)c1. The minimum Gasteiger partial charge on any atom is -0.476 e. The molecule has 0 aliphatic carbocycles. The maximum Gasteiger partial charge on any atom is 0.357 e. The largest absolute Gasteiger partial charge is 0.476 e. The number of aromatic nitrogens is 2. The van der Waals surface area contributed by atoms with Crippen molar-refractivity contribution in [1.82, 2.24) is 9.78 Å². The Kier molecular flexibility index (Phi) is 5.52. The van der Waals surface area contributed by atoms with E-state index in [1.165, 1.54) is 6.08 Å². The number of nitriles is 1. The highest BCUT2D eigenvalue weighted by molar-refractivity contribution is 9.10. The second-order valence-corrected chi connectivity index (χ2v) is 6.91. The number of rotatable bonds is 4. The maximum absolute atomic E-state index is 12.8. The highest BCUT2D eigenvalue weighted by Crippen LogP contribution is 2.17. The Bertz CT molecular complexity index is 1190. The predicted molar refractivity (Wildman–Crippen MR) is 109 cm³/mol. The third-order valence-electron chi connectivity index (χ3n) is 4.00. The summed E-state index contributed by atoms with van der Waals surface area (Å²) in [5, 5.41) is 23.2. The van der Waals surface area contributed by atoms with Crippen LogP contribution in [0.1, 0.15) is 32.7 Å². The third-order valence-corrected chi connectivity index (χ3v) is 4.53. The highest BCUT2D eigenvalue weighted by atomic mass is 79.9. The average molecular weight is 436 g/mol. The number of hydrogen-bond acceptors (Lipinski definition) is 4. The summed E-state index contributed by atoms with van der Waals surface area (Å²) in [6.07, 6.45) is 3.06. The molecule has 0 saturated carbocycles. The van der Waals surface area contributed by atoms with Gasteiger partial charge in [-0.2, -0.15) is 15.0 Å². The van der Waals surface area contributed by atoms with Gasteiger partial charge in [0.1, 0.15) is 11.6 Å². The van der Waals surface area contributed by atoms with Crippen LogP contribution in [-0.4, -0.2) is 20.9 Å². The minimum atomic E-state index is -1.33. The molecule has 1 N–H and O–H groups in total. The number of benzene rings is 2. The van der Waals surface area contributed by atoms with Crippen LogP contribution in [0.3, 0.4) is 0 Å². The van der Waals surface area contributed by atoms with Crippen LogP contribution in [0.5, 0.6) is 0 Å². The minimum absolute atomic E-state index is 0.0215. The molecule has 0 aliphatic rings. The smallest absolute Gasteiger partial charge is 0.357 e. The zero-order valence-corrected chi connectivity index (χ0v) is 16.3. The van der Waals surface area contributed by atoms with Gasteiger partial charge in [0.2, 0.25) is 0 Å². The summed E-state index contributed by atoms with van der Waals surface area (Å²) in [4.78, 5) is 24.6. The van der Waals surface area contributed by atoms with E-state index < -0.39 is 11.5 Å². The van der Waals surface area contributed by atoms with Crippen molar-refractivity contribution in [2.75, 3.05) is 0 Å². The van der Waals surface area contributed by atoms with E-state index in [0.717, 1.165) is 20.3 Å². The van der Waals surface area contributed by atoms with Gasteiger partial charge in [0.15, 0.2) is 5.69 Å². The molecule has 0 unspecified atom stereocenters. The molecule has 3 aromatic rings. The highest BCUT2D eigenvalue weighted by Gasteiger charge is 2.21. The van der Waals surface area contributed by atoms with Crippen molar-refractivity contribution in [1.29, 1.82) is 5.26 Å². The fourth-order valence-corrected chi connectivity index (χ4v) is 2.92. The Morgan fingerprint density at radius 2 is 1.93 bits per heavy atom. The molecule has 7 heteroatoms. The van der Waals surface area contributed by atoms with Crippen LogP contribution in [0.25, 0.3) is 17.8 Å². The van der Waals surface area contributed by atoms with Gasteiger partial charge in [-0.1, -0.05) is 52.3 Å². The van der Waals surface area contributed by atoms with E-state index >= 15 is 0 Å². The molecule has 138 valence electrons. The molecule has 0 bridgehead atoms. The number of hydrogen-bond donors (Lipinski definition) is 1. The first kappa shape index (κ1) is 19.3. The number of carboxylic acids is 1. The molecule has 0 aliphatic heterocycles. The van der Waals surface area contributed by atoms with Crippen LogP contribution in [0.4, 0.5) is 0 Å². The lowest BCUT2D eigenvalue weighted by Crippen LogP contribution is -2.28. The quantitative estimate of drug-likeness (QED) is 0.666. The summed E-state index contributed by atoms with van der Waals surface area (Å²) < 4.78 is 1.85. The molecule has 1 heterocycles. The lowest BCUT2D eigenvalue weighted by atomic mass is 10.1. The molecular formula is C21H14BrN3O3. The van der Waals surface area contributed by atoms with Gasteiger partial charge in [-0.15, -0.1) is 0 Å². The zero-order chi connectivity index (χ0) is 20.3. The Labute approximate surface area is 169 Å². The summed E-state index contributed by atoms with van der Waals surface area (Å²) >= 11 is 3.34. The van der Waals surface area contributed by atoms with Crippen LogP contribution in [0, 0.1) is 18.3 Å². The first-order valence-electron chi connectivity index (χ1n) is 8.22. The molecule has 6 nitrogen and oxygen atoms in total. The standard InChI is InChI=1S/C21H14BrN3O3/c1-13-3-2-4-16(11-13)25-20(26)18(12-23)17(19(24-25)21(27)28)10-7-14-5-8-15(22)9-6-14/h2-11H,1H3,(H,27,28)/b10-7-. The molecule has 0 spiro atoms. The Hall–Kier alpha value is -3.50. The summed E-state index contributed by atoms with van der Waals surface area (Å²) in [6.45, 7) is 1.84. The Morgan fingerprint density at radius 1 is 1.21 bits per heavy atom. The number of aryl methyl sites for hydroxylation is 1. The number of halogens is 1. The van der Waals surface area contributed by atoms with Crippen molar-refractivity contribution in [2.45, 2.75) is 6.92 Å². The number of carboxylic acid groups (broad SMARTS) is 1. The summed E-state index contributed by atoms with van der Waals surface area (Å²) in [5.41, 5.74) is 0.716. The molecule has 0 amide bonds. The van der Waals surface area contributed by atoms with Crippen molar-refractivity contribution in [3.8, 4) is 11.8 Å². The molecular weight excluding hydrogens is 422 g/mol. The first-order chi connectivity index (χ1) is 13.4. The fourth-order valence-electron chi connectivity index (χ4n) is 2.66. The molecule has 3 rings (SSSR count). The fraction of sp³-hybridized carbons (Fsp3) is 0.0476. The van der Waals surface area contributed by atoms with E-state index in [9.17, 15) is 20.0 Å². The number of carbonyl (C=O) groups is 1. The summed E-state index contributed by atoms with van der Waals surface area (Å²) in [6, 6.07) is 16.0. The topological polar surface area (TPSA) is 96.0 Å². The lowest BCUT2D eigenvalue weighted by Gasteiger charge is -2.10. The molecule has 0 saturated heterocycles. The average Bonchev–Trinajstić information content (AvgIpc) is 2.67. The van der Waals surface area contributed by atoms with Crippen LogP contribution >= 0.6 is 15.9 Å². The van der Waals surface area contributed by atoms with Gasteiger partial charge in [-0.3, -0.25) is 4.79 Å². The monoisotopic (exact) mass is 435 g/mol. The first-order valence-corrected chi connectivity index (χ1v) is 9.01. The van der Waals surface area contributed by atoms with Gasteiger partial charge in [0, 0.05) is 10.0 Å². The van der Waals surface area contributed by atoms with Crippen LogP contribution in [0.15, 0.2) is 57.8 Å². The van der Waals surface area contributed by atoms with Gasteiger partial charge in [-0.25, -0.2) is 4.79 Å². The van der Waals surface area contributed by atoms with E-state index in [1.54, 1.807) is 24.3 Å². The van der Waals surface area contributed by atoms with E-state index in [1.807, 2.05) is 43.3 Å². The molecule has 0 radical (unpaired) electrons. The van der Waals surface area contributed by atoms with Crippen LogP contribution < -0.4 is 5.56 Å². The summed E-state index contributed by atoms with van der Waals surface area (Å²) in [5.74, 6) is -1.33. The van der Waals surface area contributed by atoms with Gasteiger partial charge in [0.25, 0.3) is 5.56 Å². The van der Waals surface area contributed by atoms with E-state index in [0.29, 0.717) is 5.69 Å². The predicted octanol–water partition coefficient (Wildman–Crippen LogP) is 4.04. The molecule has 28 heavy (non-hydrogen) atoms. The number of nitrogens with zero attached hydrogens (tertiary/aromatic N) is 3. The van der Waals surface area contributed by atoms with Crippen molar-refractivity contribution in [3.63, 3.8) is 0 Å². The van der Waals surface area contributed by atoms with Gasteiger partial charge in [-0.05, 0) is 42.3 Å². The molecule has 0 atom stereocenters. The summed E-state index contributed by atoms with van der Waals surface area (Å²) in [7, 11) is 0. The van der Waals surface area contributed by atoms with Crippen molar-refractivity contribution < 1.29 is 9.90 Å². The Morgan fingerprint density at radius 3 is 2.54 bits per heavy atom. The van der Waals surface area contributed by atoms with Crippen LogP contribution in [-0.2, 0) is 0 Å². The van der Waals surface area contributed by atoms with E-state index in [4.69, 9.17) is 0 Å². The van der Waals surface area contributed by atoms with Crippen molar-refractivity contribution >= 4 is 34.1 Å². The maximum atomic E-state index is 12.8. The second-order valence-electron chi connectivity index (χ2n) is 6.00. The van der Waals surface area contributed by atoms with E-state index in [2.05, 4.69) is 21.0 Å². The van der Waals surface area contributed by atoms with Crippen molar-refractivity contribution in [3.05, 3.63) is 91.3 Å². The Balaban J connectivity index is 2.21. The normalized spacial score (nSPS) is 10.8. The lowest BCUT2D eigenvalue weighted by molar-refractivity contribution is 0.0688. The molecule has 0 fully saturated rings. The van der Waals surface area contributed by atoms with Crippen molar-refractivity contribution in [2.24, 2.45) is 0 Å². The zero-order valence-electron chi connectivity index (χ0n) is 14.8. The van der Waals surface area contributed by atoms with Gasteiger partial charge >= 0.3 is 5.97 Å². The second kappa shape index (κ2) is 8.03. The molecule has 1 aromatic heterocycles. The van der Waals surface area contributed by atoms with Gasteiger partial charge in [0.05, 0.1) is 5.69 Å². The number of aromatic carboxylic acids is 1.